The number of para-hydroxylation sites is 1. The number of Topliss-reactive ketones (excluding diaryl/α,β-unsaturated/α-hetero) is 1. The molecule has 6 heteroatoms. The van der Waals surface area contributed by atoms with Crippen molar-refractivity contribution in [2.24, 2.45) is 0 Å². The molecule has 1 amide bonds. The third kappa shape index (κ3) is 5.77. The molecule has 1 aromatic heterocycles. The Morgan fingerprint density at radius 1 is 0.788 bits per heavy atom. The average molecular weight is 436 g/mol. The standard InChI is InChI=1S/C27H20N2O4/c30-25(20-11-14-23(15-12-20)29-27(32)21-7-2-1-3-8-21)18-33-26(31)17-16-22-13-10-19-6-4-5-9-24(19)28-22/h1-17H,18H2,(H,29,32)/b17-16+. The smallest absolute Gasteiger partial charge is 0.331 e. The van der Waals surface area contributed by atoms with E-state index in [1.54, 1.807) is 60.7 Å². The molecule has 0 unspecified atom stereocenters. The van der Waals surface area contributed by atoms with Crippen molar-refractivity contribution in [1.29, 1.82) is 0 Å². The first-order chi connectivity index (χ1) is 16.1. The van der Waals surface area contributed by atoms with Crippen LogP contribution in [0.2, 0.25) is 0 Å². The molecule has 0 bridgehead atoms. The summed E-state index contributed by atoms with van der Waals surface area (Å²) >= 11 is 0. The maximum Gasteiger partial charge on any atom is 0.331 e. The molecule has 0 radical (unpaired) electrons. The number of fused-ring (bicyclic) bond motifs is 1. The molecule has 0 aliphatic heterocycles. The van der Waals surface area contributed by atoms with Gasteiger partial charge in [0.1, 0.15) is 0 Å². The molecular weight excluding hydrogens is 416 g/mol. The van der Waals surface area contributed by atoms with Gasteiger partial charge in [0.25, 0.3) is 5.91 Å². The molecule has 0 aliphatic rings. The molecular formula is C27H20N2O4. The molecule has 6 nitrogen and oxygen atoms in total. The number of amides is 1. The van der Waals surface area contributed by atoms with Crippen molar-refractivity contribution in [3.05, 3.63) is 114 Å². The number of ketones is 1. The summed E-state index contributed by atoms with van der Waals surface area (Å²) in [6, 6.07) is 26.6. The first-order valence-corrected chi connectivity index (χ1v) is 10.3. The summed E-state index contributed by atoms with van der Waals surface area (Å²) in [5, 5.41) is 3.78. The van der Waals surface area contributed by atoms with Crippen LogP contribution in [0.1, 0.15) is 26.4 Å². The summed E-state index contributed by atoms with van der Waals surface area (Å²) in [7, 11) is 0. The van der Waals surface area contributed by atoms with E-state index in [1.807, 2.05) is 36.4 Å². The van der Waals surface area contributed by atoms with Gasteiger partial charge in [-0.15, -0.1) is 0 Å². The van der Waals surface area contributed by atoms with Gasteiger partial charge < -0.3 is 10.1 Å². The summed E-state index contributed by atoms with van der Waals surface area (Å²) in [6.07, 6.45) is 2.79. The van der Waals surface area contributed by atoms with Crippen molar-refractivity contribution in [3.63, 3.8) is 0 Å². The number of carbonyl (C=O) groups excluding carboxylic acids is 3. The number of pyridine rings is 1. The van der Waals surface area contributed by atoms with Crippen LogP contribution in [0.15, 0.2) is 97.1 Å². The summed E-state index contributed by atoms with van der Waals surface area (Å²) in [4.78, 5) is 41.0. The van der Waals surface area contributed by atoms with Crippen LogP contribution in [0, 0.1) is 0 Å². The van der Waals surface area contributed by atoms with E-state index in [9.17, 15) is 14.4 Å². The molecule has 4 aromatic rings. The Labute approximate surface area is 190 Å². The Morgan fingerprint density at radius 3 is 2.30 bits per heavy atom. The lowest BCUT2D eigenvalue weighted by atomic mass is 10.1. The fraction of sp³-hybridized carbons (Fsp3) is 0.0370. The lowest BCUT2D eigenvalue weighted by Gasteiger charge is -2.06. The Hall–Kier alpha value is -4.58. The molecule has 4 rings (SSSR count). The van der Waals surface area contributed by atoms with Crippen LogP contribution in [0.25, 0.3) is 17.0 Å². The van der Waals surface area contributed by atoms with E-state index in [-0.39, 0.29) is 18.3 Å². The number of benzene rings is 3. The number of ether oxygens (including phenoxy) is 1. The molecule has 162 valence electrons. The van der Waals surface area contributed by atoms with Crippen molar-refractivity contribution in [2.75, 3.05) is 11.9 Å². The highest BCUT2D eigenvalue weighted by atomic mass is 16.5. The van der Waals surface area contributed by atoms with E-state index < -0.39 is 5.97 Å². The van der Waals surface area contributed by atoms with Crippen LogP contribution >= 0.6 is 0 Å². The number of carbonyl (C=O) groups is 3. The molecule has 0 saturated heterocycles. The van der Waals surface area contributed by atoms with Gasteiger partial charge in [-0.25, -0.2) is 9.78 Å². The van der Waals surface area contributed by atoms with E-state index >= 15 is 0 Å². The fourth-order valence-corrected chi connectivity index (χ4v) is 3.13. The highest BCUT2D eigenvalue weighted by molar-refractivity contribution is 6.04. The third-order valence-electron chi connectivity index (χ3n) is 4.86. The first-order valence-electron chi connectivity index (χ1n) is 10.3. The molecule has 0 saturated carbocycles. The second-order valence-corrected chi connectivity index (χ2v) is 7.19. The summed E-state index contributed by atoms with van der Waals surface area (Å²) in [5.74, 6) is -1.22. The number of rotatable bonds is 7. The molecule has 0 aliphatic carbocycles. The number of aromatic nitrogens is 1. The predicted octanol–water partition coefficient (Wildman–Crippen LogP) is 4.93. The topological polar surface area (TPSA) is 85.4 Å². The van der Waals surface area contributed by atoms with Crippen molar-refractivity contribution >= 4 is 40.3 Å². The number of hydrogen-bond donors (Lipinski definition) is 1. The fourth-order valence-electron chi connectivity index (χ4n) is 3.13. The van der Waals surface area contributed by atoms with Gasteiger partial charge in [-0.05, 0) is 54.6 Å². The largest absolute Gasteiger partial charge is 0.454 e. The van der Waals surface area contributed by atoms with Gasteiger partial charge in [0.05, 0.1) is 11.2 Å². The van der Waals surface area contributed by atoms with Crippen LogP contribution in [-0.2, 0) is 9.53 Å². The SMILES string of the molecule is O=C(/C=C/c1ccc2ccccc2n1)OCC(=O)c1ccc(NC(=O)c2ccccc2)cc1. The Balaban J connectivity index is 1.29. The maximum atomic E-state index is 12.3. The van der Waals surface area contributed by atoms with Gasteiger partial charge in [0.2, 0.25) is 0 Å². The summed E-state index contributed by atoms with van der Waals surface area (Å²) < 4.78 is 5.05. The third-order valence-corrected chi connectivity index (χ3v) is 4.86. The predicted molar refractivity (Wildman–Crippen MR) is 127 cm³/mol. The van der Waals surface area contributed by atoms with Gasteiger partial charge >= 0.3 is 5.97 Å². The second kappa shape index (κ2) is 10.2. The minimum atomic E-state index is -0.634. The zero-order valence-electron chi connectivity index (χ0n) is 17.6. The highest BCUT2D eigenvalue weighted by Gasteiger charge is 2.10. The van der Waals surface area contributed by atoms with Crippen molar-refractivity contribution in [3.8, 4) is 0 Å². The van der Waals surface area contributed by atoms with E-state index in [0.717, 1.165) is 10.9 Å². The minimum absolute atomic E-state index is 0.240. The number of nitrogens with zero attached hydrogens (tertiary/aromatic N) is 1. The monoisotopic (exact) mass is 436 g/mol. The highest BCUT2D eigenvalue weighted by Crippen LogP contribution is 2.14. The van der Waals surface area contributed by atoms with E-state index in [4.69, 9.17) is 4.74 Å². The lowest BCUT2D eigenvalue weighted by Crippen LogP contribution is -2.13. The van der Waals surface area contributed by atoms with Gasteiger partial charge in [-0.1, -0.05) is 42.5 Å². The van der Waals surface area contributed by atoms with Gasteiger partial charge in [-0.2, -0.15) is 0 Å². The van der Waals surface area contributed by atoms with Crippen LogP contribution in [0.4, 0.5) is 5.69 Å². The molecule has 0 fully saturated rings. The molecule has 1 N–H and O–H groups in total. The number of nitrogens with one attached hydrogen (secondary N) is 1. The molecule has 0 atom stereocenters. The molecule has 33 heavy (non-hydrogen) atoms. The normalized spacial score (nSPS) is 10.8. The van der Waals surface area contributed by atoms with Gasteiger partial charge in [0.15, 0.2) is 12.4 Å². The van der Waals surface area contributed by atoms with Crippen molar-refractivity contribution in [1.82, 2.24) is 4.98 Å². The summed E-state index contributed by atoms with van der Waals surface area (Å²) in [5.41, 5.74) is 2.91. The Kier molecular flexibility index (Phi) is 6.66. The van der Waals surface area contributed by atoms with Gasteiger partial charge in [0, 0.05) is 28.3 Å². The zero-order valence-corrected chi connectivity index (χ0v) is 17.6. The van der Waals surface area contributed by atoms with Crippen molar-refractivity contribution in [2.45, 2.75) is 0 Å². The number of esters is 1. The van der Waals surface area contributed by atoms with Crippen LogP contribution in [0.5, 0.6) is 0 Å². The molecule has 3 aromatic carbocycles. The second-order valence-electron chi connectivity index (χ2n) is 7.19. The Bertz CT molecular complexity index is 1330. The van der Waals surface area contributed by atoms with Crippen LogP contribution in [-0.4, -0.2) is 29.3 Å². The quantitative estimate of drug-likeness (QED) is 0.252. The molecule has 0 spiro atoms. The van der Waals surface area contributed by atoms with E-state index in [2.05, 4.69) is 10.3 Å². The zero-order chi connectivity index (χ0) is 23.0. The van der Waals surface area contributed by atoms with E-state index in [0.29, 0.717) is 22.5 Å². The first kappa shape index (κ1) is 21.6. The lowest BCUT2D eigenvalue weighted by molar-refractivity contribution is -0.136. The molecule has 1 heterocycles. The maximum absolute atomic E-state index is 12.3. The minimum Gasteiger partial charge on any atom is -0.454 e. The van der Waals surface area contributed by atoms with Gasteiger partial charge in [-0.3, -0.25) is 9.59 Å². The van der Waals surface area contributed by atoms with Crippen LogP contribution < -0.4 is 5.32 Å². The van der Waals surface area contributed by atoms with Crippen LogP contribution in [0.3, 0.4) is 0 Å². The summed E-state index contributed by atoms with van der Waals surface area (Å²) in [6.45, 7) is -0.385. The average Bonchev–Trinajstić information content (AvgIpc) is 2.86. The van der Waals surface area contributed by atoms with E-state index in [1.165, 1.54) is 6.08 Å². The Morgan fingerprint density at radius 2 is 1.52 bits per heavy atom. The number of hydrogen-bond acceptors (Lipinski definition) is 5. The van der Waals surface area contributed by atoms with Crippen molar-refractivity contribution < 1.29 is 19.1 Å². The number of anilines is 1.